The Morgan fingerprint density at radius 1 is 0.958 bits per heavy atom. The highest BCUT2D eigenvalue weighted by Crippen LogP contribution is 2.24. The van der Waals surface area contributed by atoms with Crippen LogP contribution in [0.4, 0.5) is 0 Å². The molecule has 3 aromatic rings. The Morgan fingerprint density at radius 2 is 1.67 bits per heavy atom. The molecule has 0 saturated carbocycles. The lowest BCUT2D eigenvalue weighted by atomic mass is 10.1. The quantitative estimate of drug-likeness (QED) is 0.680. The van der Waals surface area contributed by atoms with Crippen LogP contribution in [-0.2, 0) is 22.7 Å². The Labute approximate surface area is 142 Å². The summed E-state index contributed by atoms with van der Waals surface area (Å²) in [5.74, 6) is 0.423. The summed E-state index contributed by atoms with van der Waals surface area (Å²) in [6.07, 6.45) is 3.41. The number of rotatable bonds is 6. The molecule has 0 aliphatic heterocycles. The maximum absolute atomic E-state index is 12.7. The monoisotopic (exact) mass is 341 g/mol. The first-order valence-corrected chi connectivity index (χ1v) is 9.34. The fraction of sp³-hybridized carbons (Fsp3) is 0.211. The van der Waals surface area contributed by atoms with Crippen molar-refractivity contribution in [3.63, 3.8) is 0 Å². The predicted molar refractivity (Wildman–Crippen MR) is 91.6 cm³/mol. The van der Waals surface area contributed by atoms with Gasteiger partial charge >= 0.3 is 0 Å². The van der Waals surface area contributed by atoms with E-state index in [-0.39, 0.29) is 9.92 Å². The van der Waals surface area contributed by atoms with Gasteiger partial charge in [0.15, 0.2) is 6.39 Å². The lowest BCUT2D eigenvalue weighted by Crippen LogP contribution is -2.05. The molecule has 0 unspecified atom stereocenters. The van der Waals surface area contributed by atoms with Crippen LogP contribution in [0.5, 0.6) is 0 Å². The molecule has 0 spiro atoms. The minimum atomic E-state index is -3.64. The van der Waals surface area contributed by atoms with Gasteiger partial charge in [-0.1, -0.05) is 48.0 Å². The Morgan fingerprint density at radius 3 is 2.38 bits per heavy atom. The van der Waals surface area contributed by atoms with Crippen molar-refractivity contribution < 1.29 is 12.8 Å². The van der Waals surface area contributed by atoms with Crippen molar-refractivity contribution in [1.82, 2.24) is 4.98 Å². The highest BCUT2D eigenvalue weighted by molar-refractivity contribution is 7.91. The molecule has 0 saturated heterocycles. The van der Waals surface area contributed by atoms with Gasteiger partial charge in [-0.05, 0) is 37.5 Å². The van der Waals surface area contributed by atoms with Crippen LogP contribution >= 0.6 is 0 Å². The molecular weight excluding hydrogens is 322 g/mol. The molecule has 0 fully saturated rings. The van der Waals surface area contributed by atoms with Gasteiger partial charge in [0.25, 0.3) is 0 Å². The van der Waals surface area contributed by atoms with Crippen LogP contribution in [-0.4, -0.2) is 13.4 Å². The Kier molecular flexibility index (Phi) is 4.81. The molecular formula is C19H19NO3S. The largest absolute Gasteiger partial charge is 0.447 e. The van der Waals surface area contributed by atoms with E-state index in [1.165, 1.54) is 12.0 Å². The van der Waals surface area contributed by atoms with Crippen LogP contribution in [0.15, 0.2) is 75.3 Å². The van der Waals surface area contributed by atoms with Crippen molar-refractivity contribution in [2.45, 2.75) is 36.1 Å². The first kappa shape index (κ1) is 16.5. The van der Waals surface area contributed by atoms with E-state index in [9.17, 15) is 8.42 Å². The Hall–Kier alpha value is -2.40. The second kappa shape index (κ2) is 7.01. The topological polar surface area (TPSA) is 60.2 Å². The average Bonchev–Trinajstić information content (AvgIpc) is 3.06. The number of benzene rings is 2. The maximum Gasteiger partial charge on any atom is 0.227 e. The fourth-order valence-corrected chi connectivity index (χ4v) is 3.92. The molecule has 1 heterocycles. The molecule has 124 valence electrons. The number of hydrogen-bond acceptors (Lipinski definition) is 4. The molecule has 0 aliphatic rings. The summed E-state index contributed by atoms with van der Waals surface area (Å²) < 4.78 is 30.8. The van der Waals surface area contributed by atoms with Crippen molar-refractivity contribution >= 4 is 9.84 Å². The van der Waals surface area contributed by atoms with Crippen LogP contribution in [0.2, 0.25) is 0 Å². The second-order valence-corrected chi connectivity index (χ2v) is 7.60. The molecule has 1 aromatic heterocycles. The van der Waals surface area contributed by atoms with Gasteiger partial charge in [-0.15, -0.1) is 0 Å². The summed E-state index contributed by atoms with van der Waals surface area (Å²) in [6, 6.07) is 16.9. The smallest absolute Gasteiger partial charge is 0.227 e. The van der Waals surface area contributed by atoms with Crippen LogP contribution in [0, 0.1) is 6.92 Å². The van der Waals surface area contributed by atoms with E-state index in [1.807, 2.05) is 25.1 Å². The third kappa shape index (κ3) is 3.57. The lowest BCUT2D eigenvalue weighted by Gasteiger charge is -2.05. The Bertz CT molecular complexity index is 897. The molecule has 5 heteroatoms. The third-order valence-electron chi connectivity index (χ3n) is 3.90. The van der Waals surface area contributed by atoms with E-state index in [1.54, 1.807) is 24.3 Å². The zero-order valence-electron chi connectivity index (χ0n) is 13.5. The average molecular weight is 341 g/mol. The molecule has 0 bridgehead atoms. The van der Waals surface area contributed by atoms with Gasteiger partial charge in [-0.2, -0.15) is 0 Å². The summed E-state index contributed by atoms with van der Waals surface area (Å²) in [4.78, 5) is 4.20. The van der Waals surface area contributed by atoms with Crippen molar-refractivity contribution in [1.29, 1.82) is 0 Å². The number of aryl methyl sites for hydroxylation is 3. The van der Waals surface area contributed by atoms with E-state index >= 15 is 0 Å². The molecule has 0 N–H and O–H groups in total. The van der Waals surface area contributed by atoms with Crippen LogP contribution in [0.25, 0.3) is 0 Å². The summed E-state index contributed by atoms with van der Waals surface area (Å²) in [5.41, 5.74) is 2.23. The van der Waals surface area contributed by atoms with E-state index in [0.717, 1.165) is 18.4 Å². The predicted octanol–water partition coefficient (Wildman–Crippen LogP) is 3.99. The third-order valence-corrected chi connectivity index (χ3v) is 5.64. The van der Waals surface area contributed by atoms with Crippen molar-refractivity contribution in [3.8, 4) is 0 Å². The van der Waals surface area contributed by atoms with Gasteiger partial charge in [0, 0.05) is 6.42 Å². The molecule has 0 atom stereocenters. The number of sulfone groups is 1. The normalized spacial score (nSPS) is 11.5. The molecule has 0 aliphatic carbocycles. The van der Waals surface area contributed by atoms with E-state index < -0.39 is 9.84 Å². The van der Waals surface area contributed by atoms with Gasteiger partial charge in [0.1, 0.15) is 5.76 Å². The van der Waals surface area contributed by atoms with Gasteiger partial charge in [0.05, 0.1) is 4.90 Å². The van der Waals surface area contributed by atoms with Crippen LogP contribution in [0.3, 0.4) is 0 Å². The van der Waals surface area contributed by atoms with E-state index in [0.29, 0.717) is 12.2 Å². The molecule has 0 radical (unpaired) electrons. The maximum atomic E-state index is 12.7. The zero-order chi connectivity index (χ0) is 17.0. The van der Waals surface area contributed by atoms with Crippen molar-refractivity contribution in [3.05, 3.63) is 77.9 Å². The molecule has 3 rings (SSSR count). The van der Waals surface area contributed by atoms with Crippen LogP contribution < -0.4 is 0 Å². The molecule has 2 aromatic carbocycles. The number of oxazole rings is 1. The van der Waals surface area contributed by atoms with Gasteiger partial charge in [0.2, 0.25) is 14.9 Å². The number of hydrogen-bond donors (Lipinski definition) is 0. The first-order valence-electron chi connectivity index (χ1n) is 7.85. The minimum Gasteiger partial charge on any atom is -0.447 e. The summed E-state index contributed by atoms with van der Waals surface area (Å²) in [5, 5.41) is 0.0272. The summed E-state index contributed by atoms with van der Waals surface area (Å²) >= 11 is 0. The summed E-state index contributed by atoms with van der Waals surface area (Å²) in [6.45, 7) is 1.92. The zero-order valence-corrected chi connectivity index (χ0v) is 14.3. The van der Waals surface area contributed by atoms with Crippen molar-refractivity contribution in [2.24, 2.45) is 0 Å². The number of aromatic nitrogens is 1. The SMILES string of the molecule is Cc1ccc(S(=O)(=O)c2ncoc2CCCc2ccccc2)cc1. The van der Waals surface area contributed by atoms with E-state index in [2.05, 4.69) is 17.1 Å². The second-order valence-electron chi connectivity index (χ2n) is 5.74. The van der Waals surface area contributed by atoms with Gasteiger partial charge < -0.3 is 4.42 Å². The first-order chi connectivity index (χ1) is 11.6. The standard InChI is InChI=1S/C19H19NO3S/c1-15-10-12-17(13-11-15)24(21,22)19-18(23-14-20-19)9-5-8-16-6-3-2-4-7-16/h2-4,6-7,10-14H,5,8-9H2,1H3. The van der Waals surface area contributed by atoms with E-state index in [4.69, 9.17) is 4.42 Å². The van der Waals surface area contributed by atoms with Crippen LogP contribution in [0.1, 0.15) is 23.3 Å². The lowest BCUT2D eigenvalue weighted by molar-refractivity contribution is 0.488. The molecule has 24 heavy (non-hydrogen) atoms. The van der Waals surface area contributed by atoms with Gasteiger partial charge in [-0.25, -0.2) is 13.4 Å². The van der Waals surface area contributed by atoms with Gasteiger partial charge in [-0.3, -0.25) is 0 Å². The molecule has 4 nitrogen and oxygen atoms in total. The minimum absolute atomic E-state index is 0.0272. The van der Waals surface area contributed by atoms with Crippen molar-refractivity contribution in [2.75, 3.05) is 0 Å². The fourth-order valence-electron chi connectivity index (χ4n) is 2.57. The highest BCUT2D eigenvalue weighted by atomic mass is 32.2. The Balaban J connectivity index is 1.76. The molecule has 0 amide bonds. The number of nitrogens with zero attached hydrogens (tertiary/aromatic N) is 1. The summed E-state index contributed by atoms with van der Waals surface area (Å²) in [7, 11) is -3.64. The highest BCUT2D eigenvalue weighted by Gasteiger charge is 2.25.